The van der Waals surface area contributed by atoms with Gasteiger partial charge in [0, 0.05) is 37.3 Å². The molecule has 0 saturated carbocycles. The highest BCUT2D eigenvalue weighted by atomic mass is 35.5. The second-order valence-electron chi connectivity index (χ2n) is 7.25. The average Bonchev–Trinajstić information content (AvgIpc) is 3.07. The molecule has 162 valence electrons. The van der Waals surface area contributed by atoms with Crippen molar-refractivity contribution < 1.29 is 19.2 Å². The summed E-state index contributed by atoms with van der Waals surface area (Å²) in [5.74, 6) is -0.783. The van der Waals surface area contributed by atoms with Gasteiger partial charge in [-0.1, -0.05) is 34.4 Å². The van der Waals surface area contributed by atoms with Gasteiger partial charge in [0.1, 0.15) is 5.69 Å². The lowest BCUT2D eigenvalue weighted by Crippen LogP contribution is -2.36. The van der Waals surface area contributed by atoms with Gasteiger partial charge in [0.25, 0.3) is 5.91 Å². The number of nitrogens with one attached hydrogen (secondary N) is 2. The molecule has 10 heteroatoms. The van der Waals surface area contributed by atoms with Crippen molar-refractivity contribution in [1.82, 2.24) is 15.6 Å². The Morgan fingerprint density at radius 2 is 2.10 bits per heavy atom. The van der Waals surface area contributed by atoms with Crippen LogP contribution in [0, 0.1) is 5.92 Å². The molecule has 2 atom stereocenters. The van der Waals surface area contributed by atoms with Gasteiger partial charge in [0.05, 0.1) is 34.9 Å². The predicted octanol–water partition coefficient (Wildman–Crippen LogP) is 2.75. The van der Waals surface area contributed by atoms with Gasteiger partial charge in [-0.15, -0.1) is 0 Å². The fraction of sp³-hybridized carbons (Fsp3) is 0.333. The summed E-state index contributed by atoms with van der Waals surface area (Å²) >= 11 is 12.2. The fourth-order valence-electron chi connectivity index (χ4n) is 3.54. The first-order valence-corrected chi connectivity index (χ1v) is 10.6. The quantitative estimate of drug-likeness (QED) is 0.662. The number of nitrogens with zero attached hydrogens (tertiary/aromatic N) is 2. The van der Waals surface area contributed by atoms with Crippen LogP contribution >= 0.6 is 23.2 Å². The molecule has 0 spiro atoms. The van der Waals surface area contributed by atoms with Gasteiger partial charge < -0.3 is 20.2 Å². The van der Waals surface area contributed by atoms with E-state index in [0.717, 1.165) is 12.1 Å². The van der Waals surface area contributed by atoms with Gasteiger partial charge in [-0.25, -0.2) is 4.79 Å². The van der Waals surface area contributed by atoms with E-state index in [-0.39, 0.29) is 30.0 Å². The second-order valence-corrected chi connectivity index (χ2v) is 8.06. The van der Waals surface area contributed by atoms with Crippen LogP contribution < -0.4 is 10.6 Å². The van der Waals surface area contributed by atoms with Gasteiger partial charge in [0.2, 0.25) is 0 Å². The average molecular weight is 463 g/mol. The fourth-order valence-corrected chi connectivity index (χ4v) is 3.84. The van der Waals surface area contributed by atoms with Crippen LogP contribution in [0.4, 0.5) is 0 Å². The number of carbonyl (C=O) groups is 2. The summed E-state index contributed by atoms with van der Waals surface area (Å²) in [5.41, 5.74) is 2.23. The number of oxime groups is 1. The smallest absolute Gasteiger partial charge is 0.341 e. The van der Waals surface area contributed by atoms with Crippen LogP contribution in [-0.2, 0) is 14.4 Å². The Morgan fingerprint density at radius 3 is 2.87 bits per heavy atom. The maximum atomic E-state index is 12.7. The highest BCUT2D eigenvalue weighted by molar-refractivity contribution is 6.42. The predicted molar refractivity (Wildman–Crippen MR) is 115 cm³/mol. The third-order valence-electron chi connectivity index (χ3n) is 5.10. The van der Waals surface area contributed by atoms with E-state index in [0.29, 0.717) is 41.0 Å². The number of halogens is 2. The topological polar surface area (TPSA) is 102 Å². The summed E-state index contributed by atoms with van der Waals surface area (Å²) in [6.07, 6.45) is 1.33. The molecule has 2 aliphatic heterocycles. The number of aromatic nitrogens is 1. The zero-order valence-electron chi connectivity index (χ0n) is 16.4. The number of carbonyl (C=O) groups excluding carboxylic acids is 2. The lowest BCUT2D eigenvalue weighted by molar-refractivity contribution is -0.140. The zero-order chi connectivity index (χ0) is 21.8. The highest BCUT2D eigenvalue weighted by Crippen LogP contribution is 2.32. The third kappa shape index (κ3) is 5.22. The Balaban J connectivity index is 1.45. The Kier molecular flexibility index (Phi) is 6.82. The van der Waals surface area contributed by atoms with E-state index in [2.05, 4.69) is 25.6 Å². The van der Waals surface area contributed by atoms with Crippen molar-refractivity contribution in [2.75, 3.05) is 26.2 Å². The molecule has 1 saturated heterocycles. The summed E-state index contributed by atoms with van der Waals surface area (Å²) in [5, 5.41) is 10.9. The number of benzene rings is 1. The van der Waals surface area contributed by atoms with E-state index in [1.54, 1.807) is 24.3 Å². The standard InChI is InChI=1S/C21H20Cl2N4O4/c22-15-2-1-13(7-16(15)23)20-14(10-24-5-6-30-20)11-26-21(29)18-8-12(3-4-25-18)17-9-19(28)31-27-17/h1-4,7-8,14,20,24H,5-6,9-11H2,(H,26,29)/t14-,20-/m0/s1. The summed E-state index contributed by atoms with van der Waals surface area (Å²) in [7, 11) is 0. The minimum Gasteiger partial charge on any atom is -0.372 e. The van der Waals surface area contributed by atoms with E-state index in [4.69, 9.17) is 27.9 Å². The number of amides is 1. The number of hydrogen-bond acceptors (Lipinski definition) is 7. The van der Waals surface area contributed by atoms with E-state index in [1.165, 1.54) is 6.20 Å². The minimum absolute atomic E-state index is 0.0305. The SMILES string of the molecule is O=C1CC(c2ccnc(C(=O)NC[C@@H]3CNCCO[C@H]3c3ccc(Cl)c(Cl)c3)c2)=NO1. The highest BCUT2D eigenvalue weighted by Gasteiger charge is 2.27. The van der Waals surface area contributed by atoms with Crippen molar-refractivity contribution in [3.05, 3.63) is 63.4 Å². The van der Waals surface area contributed by atoms with Gasteiger partial charge in [-0.2, -0.15) is 0 Å². The zero-order valence-corrected chi connectivity index (χ0v) is 17.9. The Hall–Kier alpha value is -2.52. The second kappa shape index (κ2) is 9.74. The molecule has 1 fully saturated rings. The molecule has 2 aromatic rings. The third-order valence-corrected chi connectivity index (χ3v) is 5.84. The molecule has 0 unspecified atom stereocenters. The maximum Gasteiger partial charge on any atom is 0.341 e. The van der Waals surface area contributed by atoms with Crippen LogP contribution in [0.5, 0.6) is 0 Å². The Bertz CT molecular complexity index is 1030. The van der Waals surface area contributed by atoms with Crippen LogP contribution in [-0.4, -0.2) is 48.8 Å². The van der Waals surface area contributed by atoms with Crippen molar-refractivity contribution in [3.63, 3.8) is 0 Å². The van der Waals surface area contributed by atoms with E-state index in [9.17, 15) is 9.59 Å². The minimum atomic E-state index is -0.424. The van der Waals surface area contributed by atoms with Crippen molar-refractivity contribution in [2.45, 2.75) is 12.5 Å². The Morgan fingerprint density at radius 1 is 1.23 bits per heavy atom. The first-order valence-electron chi connectivity index (χ1n) is 9.80. The van der Waals surface area contributed by atoms with Crippen LogP contribution in [0.3, 0.4) is 0 Å². The first kappa shape index (κ1) is 21.7. The summed E-state index contributed by atoms with van der Waals surface area (Å²) in [6.45, 7) is 2.29. The van der Waals surface area contributed by atoms with E-state index < -0.39 is 5.97 Å². The van der Waals surface area contributed by atoms with E-state index in [1.807, 2.05) is 6.07 Å². The molecule has 1 amide bonds. The molecule has 0 radical (unpaired) electrons. The number of rotatable bonds is 5. The summed E-state index contributed by atoms with van der Waals surface area (Å²) in [4.78, 5) is 32.8. The van der Waals surface area contributed by atoms with Crippen molar-refractivity contribution in [3.8, 4) is 0 Å². The van der Waals surface area contributed by atoms with Gasteiger partial charge in [-0.3, -0.25) is 9.78 Å². The largest absolute Gasteiger partial charge is 0.372 e. The van der Waals surface area contributed by atoms with Gasteiger partial charge in [0.15, 0.2) is 0 Å². The molecule has 1 aromatic carbocycles. The Labute approximate surface area is 188 Å². The van der Waals surface area contributed by atoms with Gasteiger partial charge in [-0.05, 0) is 29.8 Å². The summed E-state index contributed by atoms with van der Waals surface area (Å²) < 4.78 is 6.04. The molecule has 0 aliphatic carbocycles. The van der Waals surface area contributed by atoms with Crippen molar-refractivity contribution in [2.24, 2.45) is 11.1 Å². The summed E-state index contributed by atoms with van der Waals surface area (Å²) in [6, 6.07) is 8.70. The molecule has 3 heterocycles. The normalized spacial score (nSPS) is 21.2. The van der Waals surface area contributed by atoms with Crippen LogP contribution in [0.1, 0.15) is 34.1 Å². The van der Waals surface area contributed by atoms with Crippen LogP contribution in [0.25, 0.3) is 0 Å². The molecule has 1 aromatic heterocycles. The molecule has 0 bridgehead atoms. The lowest BCUT2D eigenvalue weighted by Gasteiger charge is -2.25. The molecular formula is C21H20Cl2N4O4. The van der Waals surface area contributed by atoms with Crippen molar-refractivity contribution >= 4 is 40.8 Å². The molecule has 31 heavy (non-hydrogen) atoms. The van der Waals surface area contributed by atoms with Crippen LogP contribution in [0.15, 0.2) is 41.7 Å². The molecule has 2 N–H and O–H groups in total. The van der Waals surface area contributed by atoms with Crippen LogP contribution in [0.2, 0.25) is 10.0 Å². The number of hydrogen-bond donors (Lipinski definition) is 2. The molecule has 2 aliphatic rings. The molecule has 4 rings (SSSR count). The molecular weight excluding hydrogens is 443 g/mol. The monoisotopic (exact) mass is 462 g/mol. The first-order chi connectivity index (χ1) is 15.0. The number of pyridine rings is 1. The van der Waals surface area contributed by atoms with Gasteiger partial charge >= 0.3 is 5.97 Å². The molecule has 8 nitrogen and oxygen atoms in total. The number of ether oxygens (including phenoxy) is 1. The maximum absolute atomic E-state index is 12.7. The lowest BCUT2D eigenvalue weighted by atomic mass is 9.95. The van der Waals surface area contributed by atoms with Crippen molar-refractivity contribution in [1.29, 1.82) is 0 Å². The van der Waals surface area contributed by atoms with E-state index >= 15 is 0 Å².